The molecule has 1 unspecified atom stereocenters. The topological polar surface area (TPSA) is 179 Å². The Hall–Kier alpha value is -0.910. The van der Waals surface area contributed by atoms with Gasteiger partial charge in [-0.1, -0.05) is 13.8 Å². The molecule has 0 spiro atoms. The number of allylic oxidation sites excluding steroid dienone is 1. The van der Waals surface area contributed by atoms with Crippen molar-refractivity contribution in [1.29, 1.82) is 0 Å². The second-order valence-corrected chi connectivity index (χ2v) is 13.4. The lowest BCUT2D eigenvalue weighted by Gasteiger charge is -2.62. The molecule has 0 saturated heterocycles. The van der Waals surface area contributed by atoms with Crippen molar-refractivity contribution in [3.05, 3.63) is 11.6 Å². The van der Waals surface area contributed by atoms with Crippen molar-refractivity contribution >= 4 is 5.78 Å². The molecule has 4 rings (SSSR count). The second-order valence-electron chi connectivity index (χ2n) is 13.4. The third-order valence-corrected chi connectivity index (χ3v) is 10.7. The van der Waals surface area contributed by atoms with Crippen molar-refractivity contribution in [2.75, 3.05) is 0 Å². The molecule has 0 aromatic carbocycles. The number of ketones is 1. The summed E-state index contributed by atoms with van der Waals surface area (Å²) in [4.78, 5) is 13.3. The Balaban J connectivity index is 1.71. The lowest BCUT2D eigenvalue weighted by molar-refractivity contribution is -0.200. The van der Waals surface area contributed by atoms with Crippen molar-refractivity contribution in [3.8, 4) is 0 Å². The van der Waals surface area contributed by atoms with E-state index < -0.39 is 75.9 Å². The standard InChI is InChI=1S/C27H44O9/c1-23(2,34)20(32)10-21(33)26(5,35)19-6-7-27(36)14-9-15(28)13-8-16(29)17(30)11-24(13,3)22(14)18(31)12-25(19,27)4/h9,13,16-22,29-36H,6-8,10-12H2,1-5H3/t13-,16+,17-,18+,19-,20+,21?,22+,24-,25+,26+,27+/m0/s1. The number of carbonyl (C=O) groups excluding carboxylic acids is 1. The summed E-state index contributed by atoms with van der Waals surface area (Å²) in [7, 11) is 0. The summed E-state index contributed by atoms with van der Waals surface area (Å²) in [6, 6.07) is 0. The van der Waals surface area contributed by atoms with Gasteiger partial charge in [0.25, 0.3) is 0 Å². The molecule has 0 aromatic heterocycles. The van der Waals surface area contributed by atoms with Gasteiger partial charge in [0.1, 0.15) is 0 Å². The molecule has 3 saturated carbocycles. The lowest BCUT2D eigenvalue weighted by Crippen LogP contribution is -2.66. The van der Waals surface area contributed by atoms with Gasteiger partial charge in [-0.05, 0) is 75.9 Å². The summed E-state index contributed by atoms with van der Waals surface area (Å²) in [5.74, 6) is -2.12. The van der Waals surface area contributed by atoms with E-state index in [0.717, 1.165) is 0 Å². The molecule has 0 heterocycles. The van der Waals surface area contributed by atoms with E-state index in [-0.39, 0.29) is 37.9 Å². The van der Waals surface area contributed by atoms with Crippen LogP contribution in [0.2, 0.25) is 0 Å². The largest absolute Gasteiger partial charge is 0.392 e. The first-order valence-electron chi connectivity index (χ1n) is 13.1. The van der Waals surface area contributed by atoms with E-state index in [9.17, 15) is 45.6 Å². The SMILES string of the molecule is CC(C)(O)[C@H](O)CC(O)[C@](C)(O)[C@H]1CC[C@@]2(O)C3=CC(=O)[C@@H]4C[C@@H](O)[C@@H](O)C[C@]4(C)[C@H]3[C@H](O)C[C@]12C. The molecule has 0 radical (unpaired) electrons. The maximum Gasteiger partial charge on any atom is 0.159 e. The Labute approximate surface area is 212 Å². The molecule has 9 heteroatoms. The van der Waals surface area contributed by atoms with Gasteiger partial charge in [-0.2, -0.15) is 0 Å². The molecular weight excluding hydrogens is 468 g/mol. The minimum absolute atomic E-state index is 0.0895. The van der Waals surface area contributed by atoms with Crippen LogP contribution >= 0.6 is 0 Å². The molecule has 3 fully saturated rings. The Kier molecular flexibility index (Phi) is 6.67. The Morgan fingerprint density at radius 3 is 2.19 bits per heavy atom. The van der Waals surface area contributed by atoms with Crippen LogP contribution in [0.15, 0.2) is 11.6 Å². The fourth-order valence-corrected chi connectivity index (χ4v) is 8.39. The van der Waals surface area contributed by atoms with Crippen LogP contribution in [0.5, 0.6) is 0 Å². The third kappa shape index (κ3) is 3.85. The molecule has 0 amide bonds. The van der Waals surface area contributed by atoms with Gasteiger partial charge in [-0.15, -0.1) is 0 Å². The lowest BCUT2D eigenvalue weighted by atomic mass is 9.44. The van der Waals surface area contributed by atoms with Crippen LogP contribution in [0.4, 0.5) is 0 Å². The normalized spacial score (nSPS) is 48.2. The van der Waals surface area contributed by atoms with Crippen molar-refractivity contribution < 1.29 is 45.6 Å². The van der Waals surface area contributed by atoms with E-state index in [0.29, 0.717) is 12.0 Å². The summed E-state index contributed by atoms with van der Waals surface area (Å²) >= 11 is 0. The van der Waals surface area contributed by atoms with Crippen LogP contribution in [-0.2, 0) is 4.79 Å². The molecule has 12 atom stereocenters. The number of fused-ring (bicyclic) bond motifs is 5. The zero-order valence-corrected chi connectivity index (χ0v) is 21.9. The summed E-state index contributed by atoms with van der Waals surface area (Å²) in [6.45, 7) is 7.87. The first-order chi connectivity index (χ1) is 16.3. The van der Waals surface area contributed by atoms with Crippen molar-refractivity contribution in [2.24, 2.45) is 28.6 Å². The first kappa shape index (κ1) is 28.1. The number of aliphatic hydroxyl groups excluding tert-OH is 5. The maximum absolute atomic E-state index is 13.3. The highest BCUT2D eigenvalue weighted by Gasteiger charge is 2.71. The van der Waals surface area contributed by atoms with Crippen molar-refractivity contribution in [3.63, 3.8) is 0 Å². The third-order valence-electron chi connectivity index (χ3n) is 10.7. The second kappa shape index (κ2) is 8.55. The number of aliphatic hydroxyl groups is 8. The van der Waals surface area contributed by atoms with Gasteiger partial charge in [-0.25, -0.2) is 0 Å². The van der Waals surface area contributed by atoms with Gasteiger partial charge >= 0.3 is 0 Å². The van der Waals surface area contributed by atoms with E-state index in [2.05, 4.69) is 0 Å². The summed E-state index contributed by atoms with van der Waals surface area (Å²) < 4.78 is 0. The summed E-state index contributed by atoms with van der Waals surface area (Å²) in [5.41, 5.74) is -6.34. The van der Waals surface area contributed by atoms with Crippen LogP contribution in [0.3, 0.4) is 0 Å². The number of rotatable bonds is 5. The van der Waals surface area contributed by atoms with Gasteiger partial charge < -0.3 is 40.9 Å². The fourth-order valence-electron chi connectivity index (χ4n) is 8.39. The monoisotopic (exact) mass is 512 g/mol. The first-order valence-corrected chi connectivity index (χ1v) is 13.1. The fraction of sp³-hybridized carbons (Fsp3) is 0.889. The van der Waals surface area contributed by atoms with Gasteiger partial charge in [0.05, 0.1) is 47.3 Å². The molecular formula is C27H44O9. The number of carbonyl (C=O) groups is 1. The van der Waals surface area contributed by atoms with E-state index in [4.69, 9.17) is 0 Å². The zero-order valence-electron chi connectivity index (χ0n) is 21.9. The Morgan fingerprint density at radius 1 is 1.00 bits per heavy atom. The zero-order chi connectivity index (χ0) is 27.2. The molecule has 0 aliphatic heterocycles. The molecule has 206 valence electrons. The number of hydrogen-bond acceptors (Lipinski definition) is 9. The smallest absolute Gasteiger partial charge is 0.159 e. The van der Waals surface area contributed by atoms with Gasteiger partial charge in [0, 0.05) is 23.7 Å². The minimum atomic E-state index is -1.77. The molecule has 0 aromatic rings. The molecule has 4 aliphatic rings. The van der Waals surface area contributed by atoms with Gasteiger partial charge in [-0.3, -0.25) is 4.79 Å². The Morgan fingerprint density at radius 2 is 1.61 bits per heavy atom. The van der Waals surface area contributed by atoms with E-state index >= 15 is 0 Å². The maximum atomic E-state index is 13.3. The Bertz CT molecular complexity index is 925. The molecule has 0 bridgehead atoms. The molecule has 9 nitrogen and oxygen atoms in total. The number of hydrogen-bond donors (Lipinski definition) is 8. The average molecular weight is 513 g/mol. The molecule has 4 aliphatic carbocycles. The average Bonchev–Trinajstić information content (AvgIpc) is 3.01. The summed E-state index contributed by atoms with van der Waals surface area (Å²) in [5, 5.41) is 87.4. The van der Waals surface area contributed by atoms with Crippen LogP contribution in [0.1, 0.15) is 73.1 Å². The predicted octanol–water partition coefficient (Wildman–Crippen LogP) is -0.204. The molecule has 36 heavy (non-hydrogen) atoms. The van der Waals surface area contributed by atoms with Crippen LogP contribution in [0, 0.1) is 28.6 Å². The molecule has 8 N–H and O–H groups in total. The highest BCUT2D eigenvalue weighted by molar-refractivity contribution is 5.95. The highest BCUT2D eigenvalue weighted by Crippen LogP contribution is 2.68. The van der Waals surface area contributed by atoms with Crippen molar-refractivity contribution in [2.45, 2.75) is 120 Å². The highest BCUT2D eigenvalue weighted by atomic mass is 16.4. The predicted molar refractivity (Wildman–Crippen MR) is 129 cm³/mol. The van der Waals surface area contributed by atoms with Gasteiger partial charge in [0.15, 0.2) is 5.78 Å². The quantitative estimate of drug-likeness (QED) is 0.247. The van der Waals surface area contributed by atoms with E-state index in [1.54, 1.807) is 6.92 Å². The summed E-state index contributed by atoms with van der Waals surface area (Å²) in [6.07, 6.45) is -3.82. The van der Waals surface area contributed by atoms with Crippen LogP contribution < -0.4 is 0 Å². The van der Waals surface area contributed by atoms with E-state index in [1.165, 1.54) is 26.8 Å². The van der Waals surface area contributed by atoms with Crippen molar-refractivity contribution in [1.82, 2.24) is 0 Å². The van der Waals surface area contributed by atoms with Crippen LogP contribution in [-0.4, -0.2) is 94.0 Å². The van der Waals surface area contributed by atoms with Gasteiger partial charge in [0.2, 0.25) is 0 Å². The van der Waals surface area contributed by atoms with E-state index in [1.807, 2.05) is 6.92 Å². The minimum Gasteiger partial charge on any atom is -0.392 e. The van der Waals surface area contributed by atoms with Crippen LogP contribution in [0.25, 0.3) is 0 Å².